The minimum Gasteiger partial charge on any atom is -0.487 e. The number of aromatic amines is 1. The molecule has 0 fully saturated rings. The second-order valence-corrected chi connectivity index (χ2v) is 4.25. The molecule has 4 nitrogen and oxygen atoms in total. The molecular weight excluding hydrogens is 208 g/mol. The lowest BCUT2D eigenvalue weighted by atomic mass is 10.5. The van der Waals surface area contributed by atoms with Crippen LogP contribution >= 0.6 is 22.7 Å². The van der Waals surface area contributed by atoms with E-state index in [0.717, 1.165) is 21.3 Å². The van der Waals surface area contributed by atoms with Crippen LogP contribution in [0.25, 0.3) is 9.88 Å². The highest BCUT2D eigenvalue weighted by molar-refractivity contribution is 7.21. The first-order chi connectivity index (χ1) is 6.29. The molecule has 0 atom stereocenters. The maximum atomic E-state index is 10.8. The highest BCUT2D eigenvalue weighted by Crippen LogP contribution is 2.32. The van der Waals surface area contributed by atoms with E-state index < -0.39 is 0 Å². The molecule has 0 bridgehead atoms. The molecule has 68 valence electrons. The first kappa shape index (κ1) is 8.46. The smallest absolute Gasteiger partial charge is 0.322 e. The van der Waals surface area contributed by atoms with Gasteiger partial charge in [-0.25, -0.2) is 5.10 Å². The Labute approximate surface area is 81.8 Å². The Morgan fingerprint density at radius 1 is 1.46 bits per heavy atom. The lowest BCUT2D eigenvalue weighted by Gasteiger charge is -1.88. The van der Waals surface area contributed by atoms with E-state index in [-0.39, 0.29) is 4.87 Å². The predicted octanol–water partition coefficient (Wildman–Crippen LogP) is 1.57. The first-order valence-electron chi connectivity index (χ1n) is 3.49. The van der Waals surface area contributed by atoms with Gasteiger partial charge in [0.2, 0.25) is 0 Å². The van der Waals surface area contributed by atoms with Crippen LogP contribution in [0.4, 0.5) is 0 Å². The fraction of sp³-hybridized carbons (Fsp3) is 0.143. The monoisotopic (exact) mass is 214 g/mol. The minimum atomic E-state index is -0.137. The Morgan fingerprint density at radius 2 is 2.31 bits per heavy atom. The summed E-state index contributed by atoms with van der Waals surface area (Å²) in [5.41, 5.74) is 0. The number of ether oxygens (including phenoxy) is 1. The number of thiophene rings is 1. The maximum absolute atomic E-state index is 10.8. The molecule has 2 heterocycles. The number of aromatic nitrogens is 2. The van der Waals surface area contributed by atoms with Crippen LogP contribution in [0.1, 0.15) is 0 Å². The summed E-state index contributed by atoms with van der Waals surface area (Å²) in [6.45, 7) is 0. The van der Waals surface area contributed by atoms with Crippen molar-refractivity contribution in [1.29, 1.82) is 0 Å². The van der Waals surface area contributed by atoms with E-state index in [9.17, 15) is 4.79 Å². The predicted molar refractivity (Wildman–Crippen MR) is 52.6 cm³/mol. The largest absolute Gasteiger partial charge is 0.487 e. The highest BCUT2D eigenvalue weighted by atomic mass is 32.1. The highest BCUT2D eigenvalue weighted by Gasteiger charge is 2.06. The molecule has 0 amide bonds. The third-order valence-corrected chi connectivity index (χ3v) is 3.40. The number of methoxy groups -OCH3 is 1. The van der Waals surface area contributed by atoms with Crippen molar-refractivity contribution in [2.24, 2.45) is 0 Å². The van der Waals surface area contributed by atoms with E-state index in [0.29, 0.717) is 5.01 Å². The number of rotatable bonds is 2. The number of nitrogens with zero attached hydrogens (tertiary/aromatic N) is 1. The third kappa shape index (κ3) is 1.63. The van der Waals surface area contributed by atoms with Gasteiger partial charge in [-0.15, -0.1) is 0 Å². The van der Waals surface area contributed by atoms with Crippen molar-refractivity contribution in [2.45, 2.75) is 0 Å². The van der Waals surface area contributed by atoms with Crippen molar-refractivity contribution < 1.29 is 4.74 Å². The van der Waals surface area contributed by atoms with Crippen LogP contribution in [-0.2, 0) is 0 Å². The molecule has 0 saturated carbocycles. The van der Waals surface area contributed by atoms with Gasteiger partial charge in [0.15, 0.2) is 10.1 Å². The molecule has 6 heteroatoms. The van der Waals surface area contributed by atoms with Crippen molar-refractivity contribution in [3.05, 3.63) is 21.8 Å². The van der Waals surface area contributed by atoms with Crippen molar-refractivity contribution in [2.75, 3.05) is 7.11 Å². The van der Waals surface area contributed by atoms with E-state index in [1.807, 2.05) is 12.1 Å². The van der Waals surface area contributed by atoms with Crippen LogP contribution in [0.3, 0.4) is 0 Å². The Morgan fingerprint density at radius 3 is 2.85 bits per heavy atom. The van der Waals surface area contributed by atoms with Crippen LogP contribution in [-0.4, -0.2) is 17.3 Å². The van der Waals surface area contributed by atoms with Crippen LogP contribution in [0, 0.1) is 0 Å². The molecule has 1 N–H and O–H groups in total. The second-order valence-electron chi connectivity index (χ2n) is 2.24. The first-order valence-corrected chi connectivity index (χ1v) is 5.12. The number of hydrogen-bond acceptors (Lipinski definition) is 5. The third-order valence-electron chi connectivity index (χ3n) is 1.43. The zero-order valence-electron chi connectivity index (χ0n) is 6.73. The van der Waals surface area contributed by atoms with Gasteiger partial charge in [-0.2, -0.15) is 5.10 Å². The molecular formula is C7H6N2O2S2. The molecule has 0 spiro atoms. The summed E-state index contributed by atoms with van der Waals surface area (Å²) in [6.07, 6.45) is 0. The number of H-pyrrole nitrogens is 1. The molecule has 0 aliphatic heterocycles. The standard InChI is InChI=1S/C7H6N2O2S2/c1-11-5-3-2-4(12-5)6-8-9-7(10)13-6/h2-3H,1H3,(H,9,10). The summed E-state index contributed by atoms with van der Waals surface area (Å²) in [6, 6.07) is 3.74. The van der Waals surface area contributed by atoms with Gasteiger partial charge in [0.25, 0.3) is 0 Å². The Kier molecular flexibility index (Phi) is 2.15. The van der Waals surface area contributed by atoms with E-state index in [1.165, 1.54) is 11.3 Å². The molecule has 0 radical (unpaired) electrons. The van der Waals surface area contributed by atoms with Gasteiger partial charge < -0.3 is 4.74 Å². The molecule has 2 aromatic rings. The van der Waals surface area contributed by atoms with Gasteiger partial charge in [0.1, 0.15) is 0 Å². The summed E-state index contributed by atoms with van der Waals surface area (Å²) in [5, 5.41) is 7.77. The van der Waals surface area contributed by atoms with Crippen molar-refractivity contribution in [3.8, 4) is 14.9 Å². The molecule has 13 heavy (non-hydrogen) atoms. The fourth-order valence-corrected chi connectivity index (χ4v) is 2.36. The quantitative estimate of drug-likeness (QED) is 0.825. The maximum Gasteiger partial charge on any atom is 0.322 e. The van der Waals surface area contributed by atoms with Crippen LogP contribution in [0.2, 0.25) is 0 Å². The van der Waals surface area contributed by atoms with Crippen LogP contribution < -0.4 is 9.61 Å². The van der Waals surface area contributed by atoms with Gasteiger partial charge in [-0.05, 0) is 12.1 Å². The van der Waals surface area contributed by atoms with E-state index >= 15 is 0 Å². The Hall–Kier alpha value is -1.14. The van der Waals surface area contributed by atoms with Gasteiger partial charge in [0.05, 0.1) is 12.0 Å². The van der Waals surface area contributed by atoms with Gasteiger partial charge >= 0.3 is 4.87 Å². The van der Waals surface area contributed by atoms with E-state index in [4.69, 9.17) is 4.74 Å². The lowest BCUT2D eigenvalue weighted by Crippen LogP contribution is -1.90. The molecule has 0 aliphatic carbocycles. The summed E-state index contributed by atoms with van der Waals surface area (Å²) < 4.78 is 5.03. The number of hydrogen-bond donors (Lipinski definition) is 1. The molecule has 2 rings (SSSR count). The normalized spacial score (nSPS) is 10.2. The summed E-state index contributed by atoms with van der Waals surface area (Å²) in [7, 11) is 1.61. The van der Waals surface area contributed by atoms with Crippen LogP contribution in [0.15, 0.2) is 16.9 Å². The average Bonchev–Trinajstić information content (AvgIpc) is 2.71. The van der Waals surface area contributed by atoms with E-state index in [2.05, 4.69) is 10.2 Å². The second kappa shape index (κ2) is 3.31. The van der Waals surface area contributed by atoms with Crippen LogP contribution in [0.5, 0.6) is 5.06 Å². The van der Waals surface area contributed by atoms with E-state index in [1.54, 1.807) is 7.11 Å². The topological polar surface area (TPSA) is 55.0 Å². The van der Waals surface area contributed by atoms with Gasteiger partial charge in [-0.3, -0.25) is 4.79 Å². The van der Waals surface area contributed by atoms with Crippen molar-refractivity contribution in [3.63, 3.8) is 0 Å². The lowest BCUT2D eigenvalue weighted by molar-refractivity contribution is 0.427. The van der Waals surface area contributed by atoms with Crippen molar-refractivity contribution >= 4 is 22.7 Å². The summed E-state index contributed by atoms with van der Waals surface area (Å²) in [4.78, 5) is 11.6. The van der Waals surface area contributed by atoms with Gasteiger partial charge in [0, 0.05) is 0 Å². The minimum absolute atomic E-state index is 0.137. The molecule has 0 unspecified atom stereocenters. The zero-order chi connectivity index (χ0) is 9.26. The fourth-order valence-electron chi connectivity index (χ4n) is 0.880. The Balaban J connectivity index is 2.40. The molecule has 0 aliphatic rings. The number of nitrogens with one attached hydrogen (secondary N) is 1. The average molecular weight is 214 g/mol. The molecule has 2 aromatic heterocycles. The molecule has 0 aromatic carbocycles. The van der Waals surface area contributed by atoms with Gasteiger partial charge in [-0.1, -0.05) is 22.7 Å². The summed E-state index contributed by atoms with van der Waals surface area (Å²) >= 11 is 2.56. The SMILES string of the molecule is COc1ccc(-c2n[nH]c(=O)s2)s1. The summed E-state index contributed by atoms with van der Waals surface area (Å²) in [5.74, 6) is 0. The van der Waals surface area contributed by atoms with Crippen molar-refractivity contribution in [1.82, 2.24) is 10.2 Å². The Bertz CT molecular complexity index is 457. The zero-order valence-corrected chi connectivity index (χ0v) is 8.37. The molecule has 0 saturated heterocycles.